The fourth-order valence-corrected chi connectivity index (χ4v) is 3.97. The maximum atomic E-state index is 12.3. The standard InChI is InChI=1S/C16H16OS/c1-9-8-14-10(2)15(17)12-6-4-5-7-13(12)16(14)18-11(9)3/h4-7,9,11H,2,8H2,1,3H3. The number of fused-ring (bicyclic) bond motifs is 2. The zero-order valence-corrected chi connectivity index (χ0v) is 11.5. The number of rotatable bonds is 0. The van der Waals surface area contributed by atoms with Crippen LogP contribution in [0.2, 0.25) is 0 Å². The molecule has 2 heteroatoms. The fraction of sp³-hybridized carbons (Fsp3) is 0.312. The smallest absolute Gasteiger partial charge is 0.193 e. The molecule has 92 valence electrons. The Morgan fingerprint density at radius 3 is 2.61 bits per heavy atom. The Bertz CT molecular complexity index is 583. The van der Waals surface area contributed by atoms with Crippen molar-refractivity contribution >= 4 is 22.5 Å². The normalized spacial score (nSPS) is 27.0. The van der Waals surface area contributed by atoms with E-state index in [1.807, 2.05) is 30.0 Å². The quantitative estimate of drug-likeness (QED) is 0.643. The number of Topliss-reactive ketones (excluding diaryl/α,β-unsaturated/α-hetero) is 1. The first-order valence-corrected chi connectivity index (χ1v) is 7.20. The van der Waals surface area contributed by atoms with Crippen molar-refractivity contribution in [2.45, 2.75) is 25.5 Å². The predicted octanol–water partition coefficient (Wildman–Crippen LogP) is 4.31. The molecule has 0 spiro atoms. The van der Waals surface area contributed by atoms with Gasteiger partial charge in [-0.1, -0.05) is 44.7 Å². The molecule has 0 fully saturated rings. The molecule has 0 saturated heterocycles. The Kier molecular flexibility index (Phi) is 2.70. The number of ketones is 1. The van der Waals surface area contributed by atoms with Crippen molar-refractivity contribution < 1.29 is 4.79 Å². The van der Waals surface area contributed by atoms with Gasteiger partial charge in [0.15, 0.2) is 5.78 Å². The Labute approximate surface area is 112 Å². The summed E-state index contributed by atoms with van der Waals surface area (Å²) in [7, 11) is 0. The molecule has 1 aromatic carbocycles. The Morgan fingerprint density at radius 1 is 1.22 bits per heavy atom. The van der Waals surface area contributed by atoms with Crippen molar-refractivity contribution in [3.8, 4) is 0 Å². The van der Waals surface area contributed by atoms with Crippen LogP contribution in [0.15, 0.2) is 42.0 Å². The number of carbonyl (C=O) groups is 1. The molecule has 1 aliphatic carbocycles. The minimum Gasteiger partial charge on any atom is -0.289 e. The number of allylic oxidation sites excluding steroid dienone is 2. The number of benzene rings is 1. The molecule has 2 atom stereocenters. The molecule has 0 bridgehead atoms. The van der Waals surface area contributed by atoms with E-state index in [2.05, 4.69) is 26.5 Å². The average molecular weight is 256 g/mol. The van der Waals surface area contributed by atoms with Crippen LogP contribution >= 0.6 is 11.8 Å². The van der Waals surface area contributed by atoms with Gasteiger partial charge in [-0.2, -0.15) is 0 Å². The predicted molar refractivity (Wildman–Crippen MR) is 77.7 cm³/mol. The Balaban J connectivity index is 2.22. The van der Waals surface area contributed by atoms with E-state index < -0.39 is 0 Å². The monoisotopic (exact) mass is 256 g/mol. The van der Waals surface area contributed by atoms with Crippen LogP contribution < -0.4 is 0 Å². The van der Waals surface area contributed by atoms with E-state index in [0.29, 0.717) is 16.7 Å². The highest BCUT2D eigenvalue weighted by Gasteiger charge is 2.34. The number of hydrogen-bond acceptors (Lipinski definition) is 2. The van der Waals surface area contributed by atoms with Gasteiger partial charge in [0.2, 0.25) is 0 Å². The molecule has 0 saturated carbocycles. The molecule has 0 aromatic heterocycles. The van der Waals surface area contributed by atoms with Gasteiger partial charge < -0.3 is 0 Å². The second-order valence-electron chi connectivity index (χ2n) is 5.17. The maximum Gasteiger partial charge on any atom is 0.193 e. The molecule has 2 aliphatic rings. The van der Waals surface area contributed by atoms with Crippen molar-refractivity contribution in [1.82, 2.24) is 0 Å². The summed E-state index contributed by atoms with van der Waals surface area (Å²) in [6, 6.07) is 7.91. The number of thioether (sulfide) groups is 1. The summed E-state index contributed by atoms with van der Waals surface area (Å²) in [5.41, 5.74) is 3.80. The van der Waals surface area contributed by atoms with Crippen molar-refractivity contribution in [3.05, 3.63) is 53.1 Å². The molecule has 1 nitrogen and oxygen atoms in total. The topological polar surface area (TPSA) is 17.1 Å². The van der Waals surface area contributed by atoms with Crippen molar-refractivity contribution in [2.24, 2.45) is 5.92 Å². The molecule has 3 rings (SSSR count). The van der Waals surface area contributed by atoms with Crippen LogP contribution in [0.5, 0.6) is 0 Å². The summed E-state index contributed by atoms with van der Waals surface area (Å²) >= 11 is 1.89. The zero-order chi connectivity index (χ0) is 12.9. The van der Waals surface area contributed by atoms with E-state index >= 15 is 0 Å². The van der Waals surface area contributed by atoms with E-state index in [9.17, 15) is 4.79 Å². The summed E-state index contributed by atoms with van der Waals surface area (Å²) in [5.74, 6) is 0.704. The summed E-state index contributed by atoms with van der Waals surface area (Å²) in [6.07, 6.45) is 0.975. The lowest BCUT2D eigenvalue weighted by molar-refractivity contribution is 0.103. The van der Waals surface area contributed by atoms with Crippen molar-refractivity contribution in [2.75, 3.05) is 0 Å². The fourth-order valence-electron chi connectivity index (χ4n) is 2.62. The van der Waals surface area contributed by atoms with Gasteiger partial charge in [-0.25, -0.2) is 0 Å². The van der Waals surface area contributed by atoms with Crippen LogP contribution in [0.4, 0.5) is 0 Å². The van der Waals surface area contributed by atoms with E-state index in [1.165, 1.54) is 10.5 Å². The van der Waals surface area contributed by atoms with Crippen LogP contribution in [-0.2, 0) is 0 Å². The van der Waals surface area contributed by atoms with Crippen molar-refractivity contribution in [3.63, 3.8) is 0 Å². The van der Waals surface area contributed by atoms with E-state index in [0.717, 1.165) is 17.5 Å². The first-order chi connectivity index (χ1) is 8.59. The minimum absolute atomic E-state index is 0.103. The highest BCUT2D eigenvalue weighted by Crippen LogP contribution is 2.49. The van der Waals surface area contributed by atoms with Gasteiger partial charge in [0, 0.05) is 21.3 Å². The molecule has 0 N–H and O–H groups in total. The van der Waals surface area contributed by atoms with Gasteiger partial charge in [-0.3, -0.25) is 4.79 Å². The summed E-state index contributed by atoms with van der Waals surface area (Å²) in [4.78, 5) is 13.6. The van der Waals surface area contributed by atoms with Crippen LogP contribution in [0.1, 0.15) is 36.2 Å². The minimum atomic E-state index is 0.103. The first kappa shape index (κ1) is 11.8. The van der Waals surface area contributed by atoms with Gasteiger partial charge in [0.05, 0.1) is 0 Å². The lowest BCUT2D eigenvalue weighted by Gasteiger charge is -2.34. The lowest BCUT2D eigenvalue weighted by Crippen LogP contribution is -2.23. The molecule has 18 heavy (non-hydrogen) atoms. The van der Waals surface area contributed by atoms with Crippen LogP contribution in [0.3, 0.4) is 0 Å². The van der Waals surface area contributed by atoms with Crippen LogP contribution in [0.25, 0.3) is 4.91 Å². The highest BCUT2D eigenvalue weighted by atomic mass is 32.2. The highest BCUT2D eigenvalue weighted by molar-refractivity contribution is 8.09. The summed E-state index contributed by atoms with van der Waals surface area (Å²) < 4.78 is 0. The first-order valence-electron chi connectivity index (χ1n) is 6.32. The molecular weight excluding hydrogens is 240 g/mol. The van der Waals surface area contributed by atoms with Gasteiger partial charge in [-0.05, 0) is 23.5 Å². The largest absolute Gasteiger partial charge is 0.289 e. The third kappa shape index (κ3) is 1.59. The molecule has 0 amide bonds. The van der Waals surface area contributed by atoms with Gasteiger partial charge in [0.25, 0.3) is 0 Å². The third-order valence-corrected chi connectivity index (χ3v) is 5.50. The molecule has 1 heterocycles. The van der Waals surface area contributed by atoms with Gasteiger partial charge >= 0.3 is 0 Å². The van der Waals surface area contributed by atoms with Crippen molar-refractivity contribution in [1.29, 1.82) is 0 Å². The molecule has 1 aromatic rings. The molecular formula is C16H16OS. The Morgan fingerprint density at radius 2 is 1.89 bits per heavy atom. The SMILES string of the molecule is C=C1C(=O)c2ccccc2C2=C1CC(C)C(C)S2. The number of carbonyl (C=O) groups excluding carboxylic acids is 1. The van der Waals surface area contributed by atoms with Gasteiger partial charge in [0.1, 0.15) is 0 Å². The average Bonchev–Trinajstić information content (AvgIpc) is 2.38. The van der Waals surface area contributed by atoms with Crippen LogP contribution in [-0.4, -0.2) is 11.0 Å². The molecule has 0 radical (unpaired) electrons. The van der Waals surface area contributed by atoms with E-state index in [4.69, 9.17) is 0 Å². The van der Waals surface area contributed by atoms with Crippen LogP contribution in [0, 0.1) is 5.92 Å². The zero-order valence-electron chi connectivity index (χ0n) is 10.7. The van der Waals surface area contributed by atoms with E-state index in [1.54, 1.807) is 0 Å². The van der Waals surface area contributed by atoms with Gasteiger partial charge in [-0.15, -0.1) is 11.8 Å². The third-order valence-electron chi connectivity index (χ3n) is 3.96. The summed E-state index contributed by atoms with van der Waals surface area (Å²) in [5, 5.41) is 0.595. The summed E-state index contributed by atoms with van der Waals surface area (Å²) in [6.45, 7) is 8.53. The maximum absolute atomic E-state index is 12.3. The molecule has 2 unspecified atom stereocenters. The second-order valence-corrected chi connectivity index (χ2v) is 6.55. The molecule has 1 aliphatic heterocycles. The number of hydrogen-bond donors (Lipinski definition) is 0. The Hall–Kier alpha value is -1.28. The second kappa shape index (κ2) is 4.13. The lowest BCUT2D eigenvalue weighted by atomic mass is 9.82. The van der Waals surface area contributed by atoms with E-state index in [-0.39, 0.29) is 5.78 Å².